The molecule has 1 aromatic carbocycles. The molecule has 0 saturated carbocycles. The molecular formula is C20H26N6O2. The maximum atomic E-state index is 13.2. The Hall–Kier alpha value is -2.90. The fourth-order valence-corrected chi connectivity index (χ4v) is 4.13. The van der Waals surface area contributed by atoms with Crippen molar-refractivity contribution in [3.05, 3.63) is 35.8 Å². The van der Waals surface area contributed by atoms with Gasteiger partial charge in [-0.15, -0.1) is 5.10 Å². The molecule has 2 aromatic heterocycles. The first-order valence-electron chi connectivity index (χ1n) is 9.83. The van der Waals surface area contributed by atoms with E-state index in [2.05, 4.69) is 38.8 Å². The Morgan fingerprint density at radius 1 is 1.46 bits per heavy atom. The zero-order chi connectivity index (χ0) is 19.7. The highest BCUT2D eigenvalue weighted by atomic mass is 16.5. The number of rotatable bonds is 6. The van der Waals surface area contributed by atoms with Gasteiger partial charge in [-0.1, -0.05) is 20.3 Å². The van der Waals surface area contributed by atoms with Gasteiger partial charge in [0.1, 0.15) is 18.1 Å². The lowest BCUT2D eigenvalue weighted by atomic mass is 9.91. The van der Waals surface area contributed by atoms with Crippen molar-refractivity contribution in [2.24, 2.45) is 5.92 Å². The average Bonchev–Trinajstić information content (AvgIpc) is 3.36. The molecule has 1 aliphatic carbocycles. The van der Waals surface area contributed by atoms with Gasteiger partial charge in [-0.3, -0.25) is 4.79 Å². The van der Waals surface area contributed by atoms with Gasteiger partial charge in [0.05, 0.1) is 13.2 Å². The molecule has 0 bridgehead atoms. The molecule has 0 spiro atoms. The number of hydrogen-bond acceptors (Lipinski definition) is 5. The van der Waals surface area contributed by atoms with Crippen molar-refractivity contribution in [1.82, 2.24) is 30.5 Å². The highest BCUT2D eigenvalue weighted by Crippen LogP contribution is 2.36. The van der Waals surface area contributed by atoms with Crippen LogP contribution >= 0.6 is 0 Å². The summed E-state index contributed by atoms with van der Waals surface area (Å²) in [7, 11) is 1.68. The van der Waals surface area contributed by atoms with Crippen LogP contribution in [0.5, 0.6) is 5.75 Å². The Kier molecular flexibility index (Phi) is 5.02. The van der Waals surface area contributed by atoms with Gasteiger partial charge in [0.15, 0.2) is 0 Å². The summed E-state index contributed by atoms with van der Waals surface area (Å²) in [5, 5.41) is 15.8. The highest BCUT2D eigenvalue weighted by Gasteiger charge is 2.31. The number of benzene rings is 1. The number of tetrazole rings is 1. The first-order chi connectivity index (χ1) is 13.6. The second-order valence-corrected chi connectivity index (χ2v) is 7.50. The molecule has 3 aromatic rings. The van der Waals surface area contributed by atoms with Crippen molar-refractivity contribution in [2.45, 2.75) is 51.6 Å². The Morgan fingerprint density at radius 2 is 2.32 bits per heavy atom. The minimum atomic E-state index is -0.421. The molecular weight excluding hydrogens is 356 g/mol. The van der Waals surface area contributed by atoms with Crippen molar-refractivity contribution in [2.75, 3.05) is 7.11 Å². The van der Waals surface area contributed by atoms with E-state index < -0.39 is 6.04 Å². The molecule has 4 rings (SSSR count). The van der Waals surface area contributed by atoms with E-state index in [0.717, 1.165) is 42.6 Å². The smallest absolute Gasteiger partial charge is 0.245 e. The maximum Gasteiger partial charge on any atom is 0.245 e. The van der Waals surface area contributed by atoms with E-state index in [4.69, 9.17) is 4.74 Å². The first-order valence-corrected chi connectivity index (χ1v) is 9.83. The molecule has 0 radical (unpaired) electrons. The number of aryl methyl sites for hydroxylation is 1. The molecule has 1 amide bonds. The number of nitrogens with one attached hydrogen (secondary N) is 2. The summed E-state index contributed by atoms with van der Waals surface area (Å²) in [6.45, 7) is 4.12. The number of H-pyrrole nitrogens is 1. The summed E-state index contributed by atoms with van der Waals surface area (Å²) in [5.74, 6) is 0.922. The Labute approximate surface area is 163 Å². The molecule has 1 unspecified atom stereocenters. The molecule has 0 fully saturated rings. The number of fused-ring (bicyclic) bond motifs is 3. The van der Waals surface area contributed by atoms with Crippen LogP contribution in [0, 0.1) is 5.92 Å². The predicted molar refractivity (Wildman–Crippen MR) is 105 cm³/mol. The average molecular weight is 382 g/mol. The molecule has 8 heteroatoms. The quantitative estimate of drug-likeness (QED) is 0.683. The van der Waals surface area contributed by atoms with Crippen molar-refractivity contribution < 1.29 is 9.53 Å². The molecule has 2 N–H and O–H groups in total. The number of ether oxygens (including phenoxy) is 1. The SMILES string of the molecule is CC[C@H](C)[C@@H](C(=O)NC1CCCc2c1[nH]c1ccc(OC)cc21)n1cnnn1. The Morgan fingerprint density at radius 3 is 3.04 bits per heavy atom. The van der Waals surface area contributed by atoms with Crippen LogP contribution in [0.3, 0.4) is 0 Å². The lowest BCUT2D eigenvalue weighted by molar-refractivity contribution is -0.127. The van der Waals surface area contributed by atoms with Gasteiger partial charge < -0.3 is 15.0 Å². The third-order valence-electron chi connectivity index (χ3n) is 5.83. The number of aromatic nitrogens is 5. The molecule has 0 saturated heterocycles. The van der Waals surface area contributed by atoms with Gasteiger partial charge in [-0.2, -0.15) is 0 Å². The highest BCUT2D eigenvalue weighted by molar-refractivity contribution is 5.87. The zero-order valence-corrected chi connectivity index (χ0v) is 16.5. The van der Waals surface area contributed by atoms with Gasteiger partial charge in [0.2, 0.25) is 5.91 Å². The second kappa shape index (κ2) is 7.61. The number of carbonyl (C=O) groups is 1. The Balaban J connectivity index is 1.63. The van der Waals surface area contributed by atoms with E-state index >= 15 is 0 Å². The van der Waals surface area contributed by atoms with Gasteiger partial charge in [0, 0.05) is 16.6 Å². The number of nitrogens with zero attached hydrogens (tertiary/aromatic N) is 4. The number of carbonyl (C=O) groups excluding carboxylic acids is 1. The van der Waals surface area contributed by atoms with Gasteiger partial charge in [-0.05, 0) is 59.4 Å². The van der Waals surface area contributed by atoms with Crippen LogP contribution in [0.2, 0.25) is 0 Å². The normalized spacial score (nSPS) is 18.5. The van der Waals surface area contributed by atoms with Crippen molar-refractivity contribution >= 4 is 16.8 Å². The van der Waals surface area contributed by atoms with E-state index in [0.29, 0.717) is 0 Å². The lowest BCUT2D eigenvalue weighted by Crippen LogP contribution is -2.39. The van der Waals surface area contributed by atoms with Crippen LogP contribution in [0.25, 0.3) is 10.9 Å². The van der Waals surface area contributed by atoms with Gasteiger partial charge >= 0.3 is 0 Å². The molecule has 1 aliphatic rings. The minimum Gasteiger partial charge on any atom is -0.497 e. The van der Waals surface area contributed by atoms with Crippen LogP contribution in [-0.2, 0) is 11.2 Å². The van der Waals surface area contributed by atoms with Crippen LogP contribution in [0.1, 0.15) is 56.5 Å². The summed E-state index contributed by atoms with van der Waals surface area (Å²) in [6.07, 6.45) is 5.31. The molecule has 2 heterocycles. The van der Waals surface area contributed by atoms with Crippen molar-refractivity contribution in [3.63, 3.8) is 0 Å². The summed E-state index contributed by atoms with van der Waals surface area (Å²) >= 11 is 0. The van der Waals surface area contributed by atoms with E-state index in [-0.39, 0.29) is 17.9 Å². The minimum absolute atomic E-state index is 0.0438. The number of aromatic amines is 1. The topological polar surface area (TPSA) is 97.7 Å². The summed E-state index contributed by atoms with van der Waals surface area (Å²) in [6, 6.07) is 5.59. The molecule has 8 nitrogen and oxygen atoms in total. The largest absolute Gasteiger partial charge is 0.497 e. The number of methoxy groups -OCH3 is 1. The monoisotopic (exact) mass is 382 g/mol. The van der Waals surface area contributed by atoms with Gasteiger partial charge in [-0.25, -0.2) is 4.68 Å². The number of amides is 1. The molecule has 28 heavy (non-hydrogen) atoms. The van der Waals surface area contributed by atoms with Gasteiger partial charge in [0.25, 0.3) is 0 Å². The maximum absolute atomic E-state index is 13.2. The molecule has 148 valence electrons. The first kappa shape index (κ1) is 18.5. The van der Waals surface area contributed by atoms with E-state index in [1.165, 1.54) is 17.3 Å². The third-order valence-corrected chi connectivity index (χ3v) is 5.83. The summed E-state index contributed by atoms with van der Waals surface area (Å²) in [5.41, 5.74) is 3.45. The lowest BCUT2D eigenvalue weighted by Gasteiger charge is -2.28. The van der Waals surface area contributed by atoms with E-state index in [1.807, 2.05) is 19.1 Å². The van der Waals surface area contributed by atoms with Crippen LogP contribution in [0.4, 0.5) is 0 Å². The summed E-state index contributed by atoms with van der Waals surface area (Å²) in [4.78, 5) is 16.7. The third kappa shape index (κ3) is 3.23. The zero-order valence-electron chi connectivity index (χ0n) is 16.5. The van der Waals surface area contributed by atoms with Crippen LogP contribution < -0.4 is 10.1 Å². The van der Waals surface area contributed by atoms with Crippen molar-refractivity contribution in [1.29, 1.82) is 0 Å². The van der Waals surface area contributed by atoms with E-state index in [9.17, 15) is 4.79 Å². The Bertz CT molecular complexity index is 965. The molecule has 3 atom stereocenters. The van der Waals surface area contributed by atoms with Crippen molar-refractivity contribution in [3.8, 4) is 5.75 Å². The fraction of sp³-hybridized carbons (Fsp3) is 0.500. The summed E-state index contributed by atoms with van der Waals surface area (Å²) < 4.78 is 6.94. The standard InChI is InChI=1S/C20H26N6O2/c1-4-12(2)19(26-11-21-24-25-26)20(27)23-17-7-5-6-14-15-10-13(28-3)8-9-16(15)22-18(14)17/h8-12,17,19,22H,4-7H2,1-3H3,(H,23,27)/t12-,17?,19-/m0/s1. The van der Waals surface area contributed by atoms with Crippen LogP contribution in [0.15, 0.2) is 24.5 Å². The predicted octanol–water partition coefficient (Wildman–Crippen LogP) is 2.94. The van der Waals surface area contributed by atoms with E-state index in [1.54, 1.807) is 11.8 Å². The molecule has 0 aliphatic heterocycles. The number of hydrogen-bond donors (Lipinski definition) is 2. The van der Waals surface area contributed by atoms with Crippen LogP contribution in [-0.4, -0.2) is 38.2 Å². The fourth-order valence-electron chi connectivity index (χ4n) is 4.13. The second-order valence-electron chi connectivity index (χ2n) is 7.50.